The van der Waals surface area contributed by atoms with Gasteiger partial charge in [-0.3, -0.25) is 0 Å². The topological polar surface area (TPSA) is 18.5 Å². The third-order valence-electron chi connectivity index (χ3n) is 8.68. The second kappa shape index (κ2) is 8.61. The number of ether oxygens (including phenoxy) is 2. The molecule has 0 heterocycles. The summed E-state index contributed by atoms with van der Waals surface area (Å²) in [5, 5.41) is 0. The molecule has 1 aromatic rings. The molecule has 5 fully saturated rings. The molecule has 5 aliphatic rings. The summed E-state index contributed by atoms with van der Waals surface area (Å²) in [5.41, 5.74) is 1.65. The quantitative estimate of drug-likeness (QED) is 0.434. The maximum atomic E-state index is 6.67. The normalized spacial score (nSPS) is 35.0. The van der Waals surface area contributed by atoms with Crippen molar-refractivity contribution < 1.29 is 9.47 Å². The van der Waals surface area contributed by atoms with Gasteiger partial charge in [-0.05, 0) is 92.7 Å². The molecule has 0 aromatic heterocycles. The van der Waals surface area contributed by atoms with Crippen molar-refractivity contribution in [3.8, 4) is 5.75 Å². The average molecular weight is 397 g/mol. The van der Waals surface area contributed by atoms with Crippen LogP contribution in [0.2, 0.25) is 0 Å². The van der Waals surface area contributed by atoms with Crippen molar-refractivity contribution in [3.05, 3.63) is 29.8 Å². The molecular formula is C27H40O2. The summed E-state index contributed by atoms with van der Waals surface area (Å²) in [4.78, 5) is 0. The van der Waals surface area contributed by atoms with Crippen LogP contribution in [0.25, 0.3) is 0 Å². The lowest BCUT2D eigenvalue weighted by atomic mass is 9.49. The molecule has 0 saturated heterocycles. The molecular weight excluding hydrogens is 356 g/mol. The van der Waals surface area contributed by atoms with Gasteiger partial charge in [-0.1, -0.05) is 51.2 Å². The second-order valence-corrected chi connectivity index (χ2v) is 10.9. The lowest BCUT2D eigenvalue weighted by molar-refractivity contribution is -0.216. The fourth-order valence-electron chi connectivity index (χ4n) is 7.55. The third kappa shape index (κ3) is 4.38. The van der Waals surface area contributed by atoms with Crippen LogP contribution >= 0.6 is 0 Å². The van der Waals surface area contributed by atoms with Gasteiger partial charge in [0.25, 0.3) is 0 Å². The van der Waals surface area contributed by atoms with Crippen LogP contribution in [0, 0.1) is 29.1 Å². The van der Waals surface area contributed by atoms with E-state index in [9.17, 15) is 0 Å². The Hall–Kier alpha value is -1.02. The summed E-state index contributed by atoms with van der Waals surface area (Å²) in [6.45, 7) is 3.09. The monoisotopic (exact) mass is 396 g/mol. The summed E-state index contributed by atoms with van der Waals surface area (Å²) >= 11 is 0. The Bertz CT molecular complexity index is 622. The van der Waals surface area contributed by atoms with Crippen LogP contribution in [0.4, 0.5) is 0 Å². The van der Waals surface area contributed by atoms with Crippen molar-refractivity contribution in [2.24, 2.45) is 29.1 Å². The SMILES string of the molecule is CCc1ccc(OC(OCCC2CCCCC2)C23CC4CC(CC(C4)C2)C3)cc1. The lowest BCUT2D eigenvalue weighted by Crippen LogP contribution is -2.54. The minimum Gasteiger partial charge on any atom is -0.464 e. The first kappa shape index (κ1) is 19.9. The Balaban J connectivity index is 1.29. The van der Waals surface area contributed by atoms with E-state index in [0.29, 0.717) is 0 Å². The molecule has 2 heteroatoms. The fourth-order valence-corrected chi connectivity index (χ4v) is 7.55. The van der Waals surface area contributed by atoms with Crippen LogP contribution in [-0.2, 0) is 11.2 Å². The highest BCUT2D eigenvalue weighted by Crippen LogP contribution is 2.61. The van der Waals surface area contributed by atoms with Gasteiger partial charge in [0.15, 0.2) is 0 Å². The summed E-state index contributed by atoms with van der Waals surface area (Å²) in [7, 11) is 0. The molecule has 0 N–H and O–H groups in total. The standard InChI is InChI=1S/C27H40O2/c1-2-20-8-10-25(11-9-20)29-26(28-13-12-21-6-4-3-5-7-21)27-17-22-14-23(18-27)16-24(15-22)19-27/h8-11,21-24,26H,2-7,12-19H2,1H3. The van der Waals surface area contributed by atoms with E-state index in [-0.39, 0.29) is 11.7 Å². The van der Waals surface area contributed by atoms with Crippen LogP contribution in [0.1, 0.15) is 89.5 Å². The van der Waals surface area contributed by atoms with Gasteiger partial charge < -0.3 is 9.47 Å². The van der Waals surface area contributed by atoms with E-state index in [0.717, 1.165) is 42.4 Å². The summed E-state index contributed by atoms with van der Waals surface area (Å²) in [5.74, 6) is 4.66. The van der Waals surface area contributed by atoms with E-state index < -0.39 is 0 Å². The van der Waals surface area contributed by atoms with E-state index in [1.54, 1.807) is 0 Å². The van der Waals surface area contributed by atoms with Crippen molar-refractivity contribution >= 4 is 0 Å². The van der Waals surface area contributed by atoms with E-state index in [4.69, 9.17) is 9.47 Å². The molecule has 0 spiro atoms. The van der Waals surface area contributed by atoms with Crippen molar-refractivity contribution in [3.63, 3.8) is 0 Å². The van der Waals surface area contributed by atoms with E-state index >= 15 is 0 Å². The molecule has 4 bridgehead atoms. The molecule has 29 heavy (non-hydrogen) atoms. The summed E-state index contributed by atoms with van der Waals surface area (Å²) in [6, 6.07) is 8.76. The molecule has 1 unspecified atom stereocenters. The van der Waals surface area contributed by atoms with Crippen LogP contribution < -0.4 is 4.74 Å². The number of rotatable bonds is 8. The largest absolute Gasteiger partial charge is 0.464 e. The zero-order valence-electron chi connectivity index (χ0n) is 18.4. The number of hydrogen-bond acceptors (Lipinski definition) is 2. The van der Waals surface area contributed by atoms with Crippen molar-refractivity contribution in [1.29, 1.82) is 0 Å². The van der Waals surface area contributed by atoms with Gasteiger partial charge >= 0.3 is 0 Å². The van der Waals surface area contributed by atoms with Crippen molar-refractivity contribution in [2.45, 2.75) is 96.7 Å². The maximum absolute atomic E-state index is 6.67. The Morgan fingerprint density at radius 2 is 1.52 bits per heavy atom. The second-order valence-electron chi connectivity index (χ2n) is 10.9. The van der Waals surface area contributed by atoms with Gasteiger partial charge in [-0.15, -0.1) is 0 Å². The average Bonchev–Trinajstić information content (AvgIpc) is 2.73. The van der Waals surface area contributed by atoms with Crippen molar-refractivity contribution in [2.75, 3.05) is 6.61 Å². The first-order chi connectivity index (χ1) is 14.2. The fraction of sp³-hybridized carbons (Fsp3) is 0.778. The number of benzene rings is 1. The molecule has 5 saturated carbocycles. The smallest absolute Gasteiger partial charge is 0.205 e. The van der Waals surface area contributed by atoms with Gasteiger partial charge in [0, 0.05) is 5.41 Å². The predicted molar refractivity (Wildman–Crippen MR) is 118 cm³/mol. The number of aryl methyl sites for hydroxylation is 1. The molecule has 1 aromatic carbocycles. The third-order valence-corrected chi connectivity index (χ3v) is 8.68. The highest BCUT2D eigenvalue weighted by molar-refractivity contribution is 5.27. The van der Waals surface area contributed by atoms with Gasteiger partial charge in [0.05, 0.1) is 6.61 Å². The van der Waals surface area contributed by atoms with E-state index in [1.807, 2.05) is 0 Å². The van der Waals surface area contributed by atoms with E-state index in [2.05, 4.69) is 31.2 Å². The Morgan fingerprint density at radius 3 is 2.10 bits per heavy atom. The minimum atomic E-state index is -0.0491. The zero-order valence-corrected chi connectivity index (χ0v) is 18.4. The van der Waals surface area contributed by atoms with E-state index in [1.165, 1.54) is 82.6 Å². The Morgan fingerprint density at radius 1 is 0.897 bits per heavy atom. The molecule has 6 rings (SSSR count). The van der Waals surface area contributed by atoms with Crippen LogP contribution in [0.5, 0.6) is 5.75 Å². The highest BCUT2D eigenvalue weighted by Gasteiger charge is 2.55. The molecule has 1 atom stereocenters. The maximum Gasteiger partial charge on any atom is 0.205 e. The highest BCUT2D eigenvalue weighted by atomic mass is 16.7. The predicted octanol–water partition coefficient (Wildman–Crippen LogP) is 7.16. The van der Waals surface area contributed by atoms with Gasteiger partial charge in [0.1, 0.15) is 5.75 Å². The molecule has 5 aliphatic carbocycles. The van der Waals surface area contributed by atoms with Gasteiger partial charge in [0.2, 0.25) is 6.29 Å². The lowest BCUT2D eigenvalue weighted by Gasteiger charge is -2.58. The summed E-state index contributed by atoms with van der Waals surface area (Å²) < 4.78 is 13.3. The number of hydrogen-bond donors (Lipinski definition) is 0. The molecule has 0 radical (unpaired) electrons. The van der Waals surface area contributed by atoms with Gasteiger partial charge in [-0.25, -0.2) is 0 Å². The Labute approximate surface area is 177 Å². The van der Waals surface area contributed by atoms with Crippen LogP contribution in [-0.4, -0.2) is 12.9 Å². The Kier molecular flexibility index (Phi) is 5.92. The first-order valence-corrected chi connectivity index (χ1v) is 12.6. The summed E-state index contributed by atoms with van der Waals surface area (Å²) in [6.07, 6.45) is 17.8. The zero-order chi connectivity index (χ0) is 19.7. The van der Waals surface area contributed by atoms with Gasteiger partial charge in [-0.2, -0.15) is 0 Å². The van der Waals surface area contributed by atoms with Crippen LogP contribution in [0.15, 0.2) is 24.3 Å². The molecule has 160 valence electrons. The molecule has 0 aliphatic heterocycles. The first-order valence-electron chi connectivity index (χ1n) is 12.6. The van der Waals surface area contributed by atoms with Crippen molar-refractivity contribution in [1.82, 2.24) is 0 Å². The molecule has 0 amide bonds. The minimum absolute atomic E-state index is 0.0491. The molecule has 2 nitrogen and oxygen atoms in total. The van der Waals surface area contributed by atoms with Crippen LogP contribution in [0.3, 0.4) is 0 Å².